The summed E-state index contributed by atoms with van der Waals surface area (Å²) in [5.74, 6) is 0. The Morgan fingerprint density at radius 3 is 0.500 bits per heavy atom. The van der Waals surface area contributed by atoms with E-state index in [2.05, 4.69) is 0 Å². The molecule has 0 N–H and O–H groups in total. The van der Waals surface area contributed by atoms with Crippen LogP contribution in [0.3, 0.4) is 0 Å². The van der Waals surface area contributed by atoms with Gasteiger partial charge in [-0.2, -0.15) is 9.90 Å². The van der Waals surface area contributed by atoms with Crippen molar-refractivity contribution in [2.45, 2.75) is 0 Å². The van der Waals surface area contributed by atoms with Crippen molar-refractivity contribution in [1.29, 1.82) is 0 Å². The van der Waals surface area contributed by atoms with Crippen LogP contribution in [0.15, 0.2) is 0 Å². The third kappa shape index (κ3) is 79.7. The summed E-state index contributed by atoms with van der Waals surface area (Å²) in [6, 6.07) is 0. The molecule has 0 radical (unpaired) electrons. The van der Waals surface area contributed by atoms with Crippen molar-refractivity contribution >= 4 is 64.5 Å². The fourth-order valence-electron chi connectivity index (χ4n) is 0. The first-order valence-corrected chi connectivity index (χ1v) is 0. The Kier molecular flexibility index (Phi) is 1290. The average molecular weight is 351 g/mol. The van der Waals surface area contributed by atoms with Gasteiger partial charge in [-0.1, -0.05) is 0 Å². The summed E-state index contributed by atoms with van der Waals surface area (Å²) in [6.07, 6.45) is 0. The summed E-state index contributed by atoms with van der Waals surface area (Å²) in [5, 5.41) is 0. The second-order valence-corrected chi connectivity index (χ2v) is 0. The molecule has 0 fully saturated rings. The summed E-state index contributed by atoms with van der Waals surface area (Å²) in [5.41, 5.74) is 0. The molecular formula is H6AlCl7KP. The molecule has 0 aromatic rings. The fourth-order valence-corrected chi connectivity index (χ4v) is 0. The zero-order valence-electron chi connectivity index (χ0n) is 5.02. The topological polar surface area (TPSA) is 0 Å². The molecule has 0 aliphatic heterocycles. The summed E-state index contributed by atoms with van der Waals surface area (Å²) in [6.45, 7) is 0. The van der Waals surface area contributed by atoms with E-state index < -0.39 is 0 Å². The summed E-state index contributed by atoms with van der Waals surface area (Å²) in [4.78, 5) is 0. The zero-order chi connectivity index (χ0) is 0. The van der Waals surface area contributed by atoms with Gasteiger partial charge in [0, 0.05) is 0 Å². The summed E-state index contributed by atoms with van der Waals surface area (Å²) < 4.78 is 0. The van der Waals surface area contributed by atoms with Gasteiger partial charge in [-0.25, -0.2) is 0 Å². The van der Waals surface area contributed by atoms with Gasteiger partial charge in [0.2, 0.25) is 0 Å². The Balaban J connectivity index is 0. The van der Waals surface area contributed by atoms with Gasteiger partial charge < -0.3 is 49.6 Å². The van der Waals surface area contributed by atoms with Crippen molar-refractivity contribution in [3.63, 3.8) is 0 Å². The molecule has 0 rings (SSSR count). The van der Waals surface area contributed by atoms with Crippen LogP contribution in [0, 0.1) is 0 Å². The van der Waals surface area contributed by atoms with Gasteiger partial charge >= 0.3 is 68.7 Å². The van der Waals surface area contributed by atoms with Gasteiger partial charge in [0.1, 0.15) is 0 Å². The minimum absolute atomic E-state index is 0. The van der Waals surface area contributed by atoms with Crippen LogP contribution in [0.2, 0.25) is 0 Å². The summed E-state index contributed by atoms with van der Waals surface area (Å²) >= 11 is 0. The second kappa shape index (κ2) is 101. The zero-order valence-corrected chi connectivity index (χ0v) is 16.2. The molecule has 0 aromatic carbocycles. The molecular weight excluding hydrogens is 345 g/mol. The Bertz CT molecular complexity index is 13.6. The minimum Gasteiger partial charge on any atom is -1.00 e. The van der Waals surface area contributed by atoms with Crippen LogP contribution in [0.25, 0.3) is 0 Å². The molecule has 1 atom stereocenters. The monoisotopic (exact) mass is 348 g/mol. The molecule has 0 amide bonds. The van der Waals surface area contributed by atoms with Crippen molar-refractivity contribution < 1.29 is 101 Å². The van der Waals surface area contributed by atoms with Crippen LogP contribution in [0.5, 0.6) is 0 Å². The van der Waals surface area contributed by atoms with Gasteiger partial charge in [0.05, 0.1) is 0 Å². The maximum atomic E-state index is 0. The van der Waals surface area contributed by atoms with Gasteiger partial charge in [0.15, 0.2) is 0 Å². The van der Waals surface area contributed by atoms with Gasteiger partial charge in [0.25, 0.3) is 0 Å². The van der Waals surface area contributed by atoms with Crippen LogP contribution < -0.4 is 101 Å². The van der Waals surface area contributed by atoms with Crippen molar-refractivity contribution in [1.82, 2.24) is 0 Å². The summed E-state index contributed by atoms with van der Waals surface area (Å²) in [7, 11) is 0. The quantitative estimate of drug-likeness (QED) is 0.301. The largest absolute Gasteiger partial charge is 3.00 e. The van der Waals surface area contributed by atoms with E-state index in [0.29, 0.717) is 0 Å². The minimum atomic E-state index is 0. The fraction of sp³-hybridized carbons (Fsp3) is 0. The molecule has 0 aromatic heterocycles. The molecule has 64 valence electrons. The maximum absolute atomic E-state index is 0. The molecule has 0 heterocycles. The van der Waals surface area contributed by atoms with Gasteiger partial charge in [-0.15, -0.1) is 37.2 Å². The Hall–Kier alpha value is 4.63. The van der Waals surface area contributed by atoms with Crippen molar-refractivity contribution in [2.24, 2.45) is 0 Å². The molecule has 0 spiro atoms. The molecule has 1 unspecified atom stereocenters. The van der Waals surface area contributed by atoms with E-state index in [1.807, 2.05) is 0 Å². The molecule has 0 aliphatic carbocycles. The van der Waals surface area contributed by atoms with E-state index in [1.165, 1.54) is 0 Å². The second-order valence-electron chi connectivity index (χ2n) is 0. The number of rotatable bonds is 0. The van der Waals surface area contributed by atoms with Crippen LogP contribution >= 0.6 is 47.1 Å². The van der Waals surface area contributed by atoms with E-state index in [4.69, 9.17) is 0 Å². The standard InChI is InChI=1S/Al.7ClH.K.H3P/h;7*1H;;1H3/q+3;;;;;;;;+1;/p-4. The predicted octanol–water partition coefficient (Wildman–Crippen LogP) is -14.0. The Morgan fingerprint density at radius 1 is 0.500 bits per heavy atom. The van der Waals surface area contributed by atoms with Crippen LogP contribution in [-0.4, -0.2) is 17.4 Å². The molecule has 10 heteroatoms. The molecule has 0 nitrogen and oxygen atoms in total. The van der Waals surface area contributed by atoms with Crippen LogP contribution in [-0.2, 0) is 0 Å². The third-order valence-electron chi connectivity index (χ3n) is 0. The first kappa shape index (κ1) is 127. The van der Waals surface area contributed by atoms with E-state index in [-0.39, 0.29) is 165 Å². The Labute approximate surface area is 162 Å². The first-order valence-electron chi connectivity index (χ1n) is 0. The van der Waals surface area contributed by atoms with Crippen molar-refractivity contribution in [3.05, 3.63) is 0 Å². The Morgan fingerprint density at radius 2 is 0.500 bits per heavy atom. The normalized spacial score (nSPS) is 0. The SMILES string of the molecule is Cl.Cl.Cl.P.[Al+3].[Cl-].[Cl-].[Cl-].[Cl-].[K+]. The van der Waals surface area contributed by atoms with E-state index in [9.17, 15) is 0 Å². The van der Waals surface area contributed by atoms with Gasteiger partial charge in [-0.05, 0) is 0 Å². The van der Waals surface area contributed by atoms with E-state index >= 15 is 0 Å². The van der Waals surface area contributed by atoms with E-state index in [0.717, 1.165) is 0 Å². The average Bonchev–Trinajstić information content (AvgIpc) is 0. The smallest absolute Gasteiger partial charge is 1.00 e. The van der Waals surface area contributed by atoms with E-state index in [1.54, 1.807) is 0 Å². The van der Waals surface area contributed by atoms with Crippen molar-refractivity contribution in [3.8, 4) is 0 Å². The molecule has 10 heavy (non-hydrogen) atoms. The molecule has 0 aliphatic rings. The number of halogens is 7. The molecule has 0 saturated carbocycles. The number of hydrogen-bond acceptors (Lipinski definition) is 0. The van der Waals surface area contributed by atoms with Crippen LogP contribution in [0.4, 0.5) is 0 Å². The first-order chi connectivity index (χ1) is 0. The van der Waals surface area contributed by atoms with Crippen LogP contribution in [0.1, 0.15) is 0 Å². The number of hydrogen-bond donors (Lipinski definition) is 0. The van der Waals surface area contributed by atoms with Gasteiger partial charge in [-0.3, -0.25) is 0 Å². The maximum Gasteiger partial charge on any atom is 3.00 e. The van der Waals surface area contributed by atoms with Crippen molar-refractivity contribution in [2.75, 3.05) is 0 Å². The third-order valence-corrected chi connectivity index (χ3v) is 0. The predicted molar refractivity (Wildman–Crippen MR) is 38.6 cm³/mol. The molecule has 0 bridgehead atoms. The molecule has 0 saturated heterocycles.